The van der Waals surface area contributed by atoms with Crippen molar-refractivity contribution in [1.29, 1.82) is 0 Å². The van der Waals surface area contributed by atoms with Gasteiger partial charge < -0.3 is 5.32 Å². The molecule has 4 rings (SSSR count). The van der Waals surface area contributed by atoms with Crippen LogP contribution in [0.5, 0.6) is 0 Å². The van der Waals surface area contributed by atoms with E-state index in [1.165, 1.54) is 30.5 Å². The number of halogens is 2. The van der Waals surface area contributed by atoms with Gasteiger partial charge in [0.25, 0.3) is 0 Å². The molecule has 1 aromatic carbocycles. The first-order valence-corrected chi connectivity index (χ1v) is 9.49. The van der Waals surface area contributed by atoms with Gasteiger partial charge in [-0.15, -0.1) is 0 Å². The summed E-state index contributed by atoms with van der Waals surface area (Å²) in [5, 5.41) is 9.82. The fourth-order valence-electron chi connectivity index (χ4n) is 3.97. The van der Waals surface area contributed by atoms with Crippen molar-refractivity contribution in [2.45, 2.75) is 38.6 Å². The van der Waals surface area contributed by atoms with E-state index in [1.54, 1.807) is 0 Å². The summed E-state index contributed by atoms with van der Waals surface area (Å²) in [6.07, 6.45) is 4.76. The second-order valence-electron chi connectivity index (χ2n) is 6.54. The number of nitrogens with one attached hydrogen (secondary N) is 1. The van der Waals surface area contributed by atoms with Crippen molar-refractivity contribution in [3.8, 4) is 5.69 Å². The Hall–Kier alpha value is -1.23. The van der Waals surface area contributed by atoms with Crippen LogP contribution in [-0.2, 0) is 6.42 Å². The molecule has 0 saturated carbocycles. The van der Waals surface area contributed by atoms with Crippen molar-refractivity contribution in [3.63, 3.8) is 0 Å². The lowest BCUT2D eigenvalue weighted by Gasteiger charge is -2.34. The Bertz CT molecular complexity index is 756. The fourth-order valence-corrected chi connectivity index (χ4v) is 4.33. The lowest BCUT2D eigenvalue weighted by molar-refractivity contribution is 0.153. The molecule has 1 atom stereocenters. The van der Waals surface area contributed by atoms with Gasteiger partial charge in [0.15, 0.2) is 0 Å². The number of aromatic nitrogens is 2. The van der Waals surface area contributed by atoms with E-state index in [4.69, 9.17) is 28.3 Å². The summed E-state index contributed by atoms with van der Waals surface area (Å²) in [6, 6.07) is 5.95. The molecule has 2 aliphatic heterocycles. The van der Waals surface area contributed by atoms with Crippen LogP contribution in [0.2, 0.25) is 10.0 Å². The number of nitrogens with zero attached hydrogens (tertiary/aromatic N) is 3. The Kier molecular flexibility index (Phi) is 4.46. The zero-order valence-electron chi connectivity index (χ0n) is 13.9. The topological polar surface area (TPSA) is 33.1 Å². The summed E-state index contributed by atoms with van der Waals surface area (Å²) in [5.41, 5.74) is 3.41. The van der Waals surface area contributed by atoms with Gasteiger partial charge in [0.05, 0.1) is 22.4 Å². The lowest BCUT2D eigenvalue weighted by Crippen LogP contribution is -2.34. The highest BCUT2D eigenvalue weighted by Crippen LogP contribution is 2.39. The SMILES string of the molecule is CCN1CCCCC1c1nn(-c2cc(Cl)ccc2Cl)c2c1CCN2. The summed E-state index contributed by atoms with van der Waals surface area (Å²) >= 11 is 12.6. The molecule has 1 aromatic heterocycles. The van der Waals surface area contributed by atoms with Gasteiger partial charge in [-0.1, -0.05) is 36.5 Å². The molecule has 2 aromatic rings. The average Bonchev–Trinajstić information content (AvgIpc) is 3.19. The minimum absolute atomic E-state index is 0.414. The van der Waals surface area contributed by atoms with Crippen molar-refractivity contribution in [1.82, 2.24) is 14.7 Å². The highest BCUT2D eigenvalue weighted by molar-refractivity contribution is 6.34. The number of benzene rings is 1. The van der Waals surface area contributed by atoms with E-state index in [9.17, 15) is 0 Å². The van der Waals surface area contributed by atoms with E-state index in [0.29, 0.717) is 16.1 Å². The first-order chi connectivity index (χ1) is 11.7. The highest BCUT2D eigenvalue weighted by Gasteiger charge is 2.32. The van der Waals surface area contributed by atoms with Crippen LogP contribution in [0.25, 0.3) is 5.69 Å². The second kappa shape index (κ2) is 6.58. The molecule has 6 heteroatoms. The standard InChI is InChI=1S/C18H22Cl2N4/c1-2-23-10-4-3-5-15(23)17-13-8-9-21-18(13)24(22-17)16-11-12(19)6-7-14(16)20/h6-7,11,15,21H,2-5,8-10H2,1H3. The molecule has 0 spiro atoms. The predicted molar refractivity (Wildman–Crippen MR) is 99.6 cm³/mol. The molecular formula is C18H22Cl2N4. The number of anilines is 1. The maximum absolute atomic E-state index is 6.43. The number of likely N-dealkylation sites (tertiary alicyclic amines) is 1. The third kappa shape index (κ3) is 2.71. The Labute approximate surface area is 152 Å². The summed E-state index contributed by atoms with van der Waals surface area (Å²) < 4.78 is 1.95. The summed E-state index contributed by atoms with van der Waals surface area (Å²) in [6.45, 7) is 5.42. The zero-order chi connectivity index (χ0) is 16.7. The van der Waals surface area contributed by atoms with Crippen molar-refractivity contribution >= 4 is 29.0 Å². The van der Waals surface area contributed by atoms with Crippen molar-refractivity contribution in [2.75, 3.05) is 25.0 Å². The number of piperidine rings is 1. The quantitative estimate of drug-likeness (QED) is 0.856. The van der Waals surface area contributed by atoms with Crippen LogP contribution in [0, 0.1) is 0 Å². The van der Waals surface area contributed by atoms with Gasteiger partial charge in [-0.2, -0.15) is 5.10 Å². The van der Waals surface area contributed by atoms with Crippen LogP contribution in [0.4, 0.5) is 5.82 Å². The zero-order valence-corrected chi connectivity index (χ0v) is 15.4. The number of fused-ring (bicyclic) bond motifs is 1. The van der Waals surface area contributed by atoms with Gasteiger partial charge in [0.1, 0.15) is 5.82 Å². The molecule has 1 N–H and O–H groups in total. The predicted octanol–water partition coefficient (Wildman–Crippen LogP) is 4.69. The number of hydrogen-bond acceptors (Lipinski definition) is 3. The Morgan fingerprint density at radius 1 is 1.29 bits per heavy atom. The van der Waals surface area contributed by atoms with E-state index in [-0.39, 0.29) is 0 Å². The van der Waals surface area contributed by atoms with Crippen LogP contribution in [-0.4, -0.2) is 34.3 Å². The Morgan fingerprint density at radius 3 is 3.00 bits per heavy atom. The van der Waals surface area contributed by atoms with Gasteiger partial charge >= 0.3 is 0 Å². The Balaban J connectivity index is 1.82. The molecule has 0 bridgehead atoms. The molecule has 0 aliphatic carbocycles. The average molecular weight is 365 g/mol. The monoisotopic (exact) mass is 364 g/mol. The van der Waals surface area contributed by atoms with E-state index in [1.807, 2.05) is 22.9 Å². The minimum Gasteiger partial charge on any atom is -0.369 e. The molecular weight excluding hydrogens is 343 g/mol. The molecule has 0 amide bonds. The van der Waals surface area contributed by atoms with Crippen LogP contribution in [0.15, 0.2) is 18.2 Å². The molecule has 3 heterocycles. The third-order valence-electron chi connectivity index (χ3n) is 5.15. The Morgan fingerprint density at radius 2 is 2.17 bits per heavy atom. The molecule has 1 saturated heterocycles. The van der Waals surface area contributed by atoms with Gasteiger partial charge in [-0.25, -0.2) is 4.68 Å². The van der Waals surface area contributed by atoms with E-state index in [2.05, 4.69) is 17.1 Å². The summed E-state index contributed by atoms with van der Waals surface area (Å²) in [7, 11) is 0. The molecule has 0 radical (unpaired) electrons. The smallest absolute Gasteiger partial charge is 0.133 e. The minimum atomic E-state index is 0.414. The van der Waals surface area contributed by atoms with Crippen molar-refractivity contribution in [2.24, 2.45) is 0 Å². The fraction of sp³-hybridized carbons (Fsp3) is 0.500. The first-order valence-electron chi connectivity index (χ1n) is 8.74. The maximum atomic E-state index is 6.43. The number of hydrogen-bond donors (Lipinski definition) is 1. The normalized spacial score (nSPS) is 20.9. The van der Waals surface area contributed by atoms with Crippen molar-refractivity contribution in [3.05, 3.63) is 39.5 Å². The van der Waals surface area contributed by atoms with E-state index in [0.717, 1.165) is 37.6 Å². The summed E-state index contributed by atoms with van der Waals surface area (Å²) in [4.78, 5) is 2.55. The van der Waals surface area contributed by atoms with Gasteiger partial charge in [-0.05, 0) is 50.6 Å². The molecule has 24 heavy (non-hydrogen) atoms. The number of rotatable bonds is 3. The van der Waals surface area contributed by atoms with Crippen molar-refractivity contribution < 1.29 is 0 Å². The van der Waals surface area contributed by atoms with Crippen LogP contribution >= 0.6 is 23.2 Å². The van der Waals surface area contributed by atoms with Gasteiger partial charge in [0, 0.05) is 17.1 Å². The molecule has 1 unspecified atom stereocenters. The molecule has 2 aliphatic rings. The highest BCUT2D eigenvalue weighted by atomic mass is 35.5. The van der Waals surface area contributed by atoms with Crippen LogP contribution < -0.4 is 5.32 Å². The lowest BCUT2D eigenvalue weighted by atomic mass is 9.96. The molecule has 1 fully saturated rings. The molecule has 128 valence electrons. The van der Waals surface area contributed by atoms with Crippen LogP contribution in [0.1, 0.15) is 43.5 Å². The first kappa shape index (κ1) is 16.2. The van der Waals surface area contributed by atoms with E-state index < -0.39 is 0 Å². The molecule has 4 nitrogen and oxygen atoms in total. The second-order valence-corrected chi connectivity index (χ2v) is 7.38. The largest absolute Gasteiger partial charge is 0.369 e. The maximum Gasteiger partial charge on any atom is 0.133 e. The summed E-state index contributed by atoms with van der Waals surface area (Å²) in [5.74, 6) is 1.08. The van der Waals surface area contributed by atoms with E-state index >= 15 is 0 Å². The van der Waals surface area contributed by atoms with Gasteiger partial charge in [-0.3, -0.25) is 4.90 Å². The third-order valence-corrected chi connectivity index (χ3v) is 5.71. The van der Waals surface area contributed by atoms with Gasteiger partial charge in [0.2, 0.25) is 0 Å². The van der Waals surface area contributed by atoms with Crippen LogP contribution in [0.3, 0.4) is 0 Å².